The molecule has 22 heavy (non-hydrogen) atoms. The number of benzene rings is 2. The fourth-order valence-electron chi connectivity index (χ4n) is 2.11. The van der Waals surface area contributed by atoms with Gasteiger partial charge in [-0.2, -0.15) is 5.26 Å². The minimum atomic E-state index is -0.185. The van der Waals surface area contributed by atoms with Gasteiger partial charge in [0.1, 0.15) is 0 Å². The summed E-state index contributed by atoms with van der Waals surface area (Å²) in [5.74, 6) is 0.777. The van der Waals surface area contributed by atoms with E-state index in [4.69, 9.17) is 5.26 Å². The van der Waals surface area contributed by atoms with E-state index in [1.807, 2.05) is 72.2 Å². The van der Waals surface area contributed by atoms with Gasteiger partial charge in [-0.25, -0.2) is 0 Å². The smallest absolute Gasteiger partial charge is 0.197 e. The molecular formula is C17H14N4S. The minimum Gasteiger partial charge on any atom is -0.270 e. The van der Waals surface area contributed by atoms with Crippen molar-refractivity contribution in [1.82, 2.24) is 14.8 Å². The molecule has 0 aliphatic heterocycles. The van der Waals surface area contributed by atoms with Crippen LogP contribution in [0.2, 0.25) is 0 Å². The minimum absolute atomic E-state index is 0.185. The molecule has 1 atom stereocenters. The molecule has 0 fully saturated rings. The Bertz CT molecular complexity index is 791. The van der Waals surface area contributed by atoms with Gasteiger partial charge in [-0.05, 0) is 19.1 Å². The van der Waals surface area contributed by atoms with Crippen molar-refractivity contribution in [3.8, 4) is 23.1 Å². The summed E-state index contributed by atoms with van der Waals surface area (Å²) in [7, 11) is 0. The fraction of sp³-hybridized carbons (Fsp3) is 0.118. The molecule has 1 unspecified atom stereocenters. The van der Waals surface area contributed by atoms with E-state index >= 15 is 0 Å². The second-order valence-electron chi connectivity index (χ2n) is 4.73. The summed E-state index contributed by atoms with van der Waals surface area (Å²) in [6, 6.07) is 22.1. The van der Waals surface area contributed by atoms with E-state index in [9.17, 15) is 0 Å². The molecule has 0 amide bonds. The molecule has 0 saturated heterocycles. The number of hydrogen-bond donors (Lipinski definition) is 0. The molecule has 0 spiro atoms. The van der Waals surface area contributed by atoms with E-state index in [1.165, 1.54) is 11.8 Å². The van der Waals surface area contributed by atoms with Crippen LogP contribution in [0.15, 0.2) is 65.8 Å². The highest BCUT2D eigenvalue weighted by atomic mass is 32.2. The highest BCUT2D eigenvalue weighted by Crippen LogP contribution is 2.29. The highest BCUT2D eigenvalue weighted by Gasteiger charge is 2.17. The van der Waals surface area contributed by atoms with Crippen molar-refractivity contribution >= 4 is 11.8 Å². The van der Waals surface area contributed by atoms with Crippen LogP contribution in [0.3, 0.4) is 0 Å². The molecule has 0 N–H and O–H groups in total. The van der Waals surface area contributed by atoms with Crippen molar-refractivity contribution < 1.29 is 0 Å². The second-order valence-corrected chi connectivity index (χ2v) is 6.04. The summed E-state index contributed by atoms with van der Waals surface area (Å²) < 4.78 is 1.99. The van der Waals surface area contributed by atoms with Crippen LogP contribution in [0.5, 0.6) is 0 Å². The van der Waals surface area contributed by atoms with E-state index in [-0.39, 0.29) is 5.25 Å². The van der Waals surface area contributed by atoms with Gasteiger partial charge in [0.25, 0.3) is 0 Å². The zero-order valence-electron chi connectivity index (χ0n) is 12.0. The van der Waals surface area contributed by atoms with Crippen LogP contribution in [0, 0.1) is 11.3 Å². The van der Waals surface area contributed by atoms with E-state index in [2.05, 4.69) is 16.3 Å². The first-order chi connectivity index (χ1) is 10.8. The summed E-state index contributed by atoms with van der Waals surface area (Å²) >= 11 is 1.41. The van der Waals surface area contributed by atoms with Gasteiger partial charge in [0, 0.05) is 11.3 Å². The van der Waals surface area contributed by atoms with Crippen molar-refractivity contribution in [2.75, 3.05) is 0 Å². The van der Waals surface area contributed by atoms with E-state index in [1.54, 1.807) is 0 Å². The molecule has 2 aromatic carbocycles. The molecule has 5 heteroatoms. The van der Waals surface area contributed by atoms with Gasteiger partial charge in [0.2, 0.25) is 0 Å². The third-order valence-corrected chi connectivity index (χ3v) is 4.08. The van der Waals surface area contributed by atoms with Gasteiger partial charge in [-0.15, -0.1) is 10.2 Å². The van der Waals surface area contributed by atoms with Crippen LogP contribution in [0.25, 0.3) is 17.1 Å². The van der Waals surface area contributed by atoms with Gasteiger partial charge in [0.05, 0.1) is 11.3 Å². The van der Waals surface area contributed by atoms with Crippen LogP contribution < -0.4 is 0 Å². The first-order valence-electron chi connectivity index (χ1n) is 6.92. The third kappa shape index (κ3) is 2.87. The summed E-state index contributed by atoms with van der Waals surface area (Å²) in [6.07, 6.45) is 0. The SMILES string of the molecule is CC(C#N)Sc1nnc(-c2ccccc2)n1-c1ccccc1. The Kier molecular flexibility index (Phi) is 4.22. The third-order valence-electron chi connectivity index (χ3n) is 3.14. The Morgan fingerprint density at radius 2 is 1.64 bits per heavy atom. The average Bonchev–Trinajstić information content (AvgIpc) is 3.00. The molecule has 4 nitrogen and oxygen atoms in total. The number of nitrogens with zero attached hydrogens (tertiary/aromatic N) is 4. The van der Waals surface area contributed by atoms with E-state index in [0.717, 1.165) is 22.2 Å². The van der Waals surface area contributed by atoms with Crippen LogP contribution in [-0.4, -0.2) is 20.0 Å². The number of aromatic nitrogens is 3. The topological polar surface area (TPSA) is 54.5 Å². The molecule has 0 radical (unpaired) electrons. The van der Waals surface area contributed by atoms with E-state index < -0.39 is 0 Å². The largest absolute Gasteiger partial charge is 0.270 e. The lowest BCUT2D eigenvalue weighted by molar-refractivity contribution is 0.883. The molecule has 0 bridgehead atoms. The van der Waals surface area contributed by atoms with Crippen molar-refractivity contribution in [1.29, 1.82) is 5.26 Å². The molecule has 0 aliphatic carbocycles. The van der Waals surface area contributed by atoms with Crippen LogP contribution in [-0.2, 0) is 0 Å². The standard InChI is InChI=1S/C17H14N4S/c1-13(12-18)22-17-20-19-16(14-8-4-2-5-9-14)21(17)15-10-6-3-7-11-15/h2-11,13H,1H3. The molecule has 3 rings (SSSR count). The maximum absolute atomic E-state index is 9.05. The Hall–Kier alpha value is -2.58. The summed E-state index contributed by atoms with van der Waals surface area (Å²) in [5, 5.41) is 18.2. The van der Waals surface area contributed by atoms with Crippen molar-refractivity contribution in [2.24, 2.45) is 0 Å². The van der Waals surface area contributed by atoms with Crippen LogP contribution in [0.1, 0.15) is 6.92 Å². The fourth-order valence-corrected chi connectivity index (χ4v) is 2.87. The second kappa shape index (κ2) is 6.46. The van der Waals surface area contributed by atoms with Gasteiger partial charge in [-0.1, -0.05) is 60.3 Å². The van der Waals surface area contributed by atoms with Gasteiger partial charge in [0.15, 0.2) is 11.0 Å². The summed E-state index contributed by atoms with van der Waals surface area (Å²) in [6.45, 7) is 1.86. The number of rotatable bonds is 4. The number of hydrogen-bond acceptors (Lipinski definition) is 4. The maximum Gasteiger partial charge on any atom is 0.197 e. The lowest BCUT2D eigenvalue weighted by atomic mass is 10.2. The number of nitriles is 1. The Morgan fingerprint density at radius 3 is 2.27 bits per heavy atom. The predicted molar refractivity (Wildman–Crippen MR) is 87.7 cm³/mol. The van der Waals surface area contributed by atoms with Gasteiger partial charge in [-0.3, -0.25) is 4.57 Å². The monoisotopic (exact) mass is 306 g/mol. The molecule has 3 aromatic rings. The zero-order chi connectivity index (χ0) is 15.4. The lowest BCUT2D eigenvalue weighted by Crippen LogP contribution is -2.01. The van der Waals surface area contributed by atoms with Crippen LogP contribution in [0.4, 0.5) is 0 Å². The van der Waals surface area contributed by atoms with Crippen molar-refractivity contribution in [3.63, 3.8) is 0 Å². The maximum atomic E-state index is 9.05. The van der Waals surface area contributed by atoms with Crippen LogP contribution >= 0.6 is 11.8 Å². The molecule has 1 heterocycles. The highest BCUT2D eigenvalue weighted by molar-refractivity contribution is 8.00. The molecule has 1 aromatic heterocycles. The van der Waals surface area contributed by atoms with Crippen molar-refractivity contribution in [3.05, 3.63) is 60.7 Å². The zero-order valence-corrected chi connectivity index (χ0v) is 12.9. The normalized spacial score (nSPS) is 11.8. The number of para-hydroxylation sites is 1. The first kappa shape index (κ1) is 14.4. The molecule has 108 valence electrons. The van der Waals surface area contributed by atoms with E-state index in [0.29, 0.717) is 0 Å². The van der Waals surface area contributed by atoms with Gasteiger partial charge < -0.3 is 0 Å². The summed E-state index contributed by atoms with van der Waals surface area (Å²) in [5.41, 5.74) is 1.98. The quantitative estimate of drug-likeness (QED) is 0.685. The van der Waals surface area contributed by atoms with Crippen molar-refractivity contribution in [2.45, 2.75) is 17.3 Å². The summed E-state index contributed by atoms with van der Waals surface area (Å²) in [4.78, 5) is 0. The lowest BCUT2D eigenvalue weighted by Gasteiger charge is -2.10. The van der Waals surface area contributed by atoms with Gasteiger partial charge >= 0.3 is 0 Å². The molecule has 0 saturated carbocycles. The predicted octanol–water partition coefficient (Wildman–Crippen LogP) is 3.94. The first-order valence-corrected chi connectivity index (χ1v) is 7.80. The molecule has 0 aliphatic rings. The Balaban J connectivity index is 2.14. The molecular weight excluding hydrogens is 292 g/mol. The average molecular weight is 306 g/mol. The Labute approximate surface area is 133 Å². The number of thioether (sulfide) groups is 1. The Morgan fingerprint density at radius 1 is 1.00 bits per heavy atom.